The van der Waals surface area contributed by atoms with Gasteiger partial charge < -0.3 is 10.5 Å². The molecule has 3 heteroatoms. The van der Waals surface area contributed by atoms with Gasteiger partial charge >= 0.3 is 0 Å². The molecule has 2 nitrogen and oxygen atoms in total. The van der Waals surface area contributed by atoms with Crippen LogP contribution in [0.25, 0.3) is 0 Å². The quantitative estimate of drug-likeness (QED) is 0.637. The van der Waals surface area contributed by atoms with Gasteiger partial charge in [-0.2, -0.15) is 0 Å². The first-order valence-electron chi connectivity index (χ1n) is 5.00. The van der Waals surface area contributed by atoms with Crippen LogP contribution in [0.1, 0.15) is 12.0 Å². The van der Waals surface area contributed by atoms with E-state index in [9.17, 15) is 0 Å². The molecular formula is C12H16BrNO. The van der Waals surface area contributed by atoms with Crippen LogP contribution >= 0.6 is 15.9 Å². The highest BCUT2D eigenvalue weighted by molar-refractivity contribution is 9.10. The van der Waals surface area contributed by atoms with Crippen molar-refractivity contribution in [2.24, 2.45) is 5.73 Å². The first-order valence-corrected chi connectivity index (χ1v) is 5.79. The highest BCUT2D eigenvalue weighted by atomic mass is 79.9. The maximum Gasteiger partial charge on any atom is 0.119 e. The van der Waals surface area contributed by atoms with Crippen molar-refractivity contribution in [1.29, 1.82) is 0 Å². The summed E-state index contributed by atoms with van der Waals surface area (Å²) in [6.45, 7) is 4.97. The van der Waals surface area contributed by atoms with Crippen molar-refractivity contribution in [2.75, 3.05) is 13.2 Å². The van der Waals surface area contributed by atoms with Crippen molar-refractivity contribution in [1.82, 2.24) is 0 Å². The van der Waals surface area contributed by atoms with Gasteiger partial charge in [0.25, 0.3) is 0 Å². The lowest BCUT2D eigenvalue weighted by Gasteiger charge is -2.08. The van der Waals surface area contributed by atoms with Crippen molar-refractivity contribution in [3.05, 3.63) is 40.9 Å². The van der Waals surface area contributed by atoms with Crippen LogP contribution in [0.2, 0.25) is 0 Å². The summed E-state index contributed by atoms with van der Waals surface area (Å²) in [5.41, 5.74) is 6.71. The van der Waals surface area contributed by atoms with Crippen LogP contribution in [-0.4, -0.2) is 13.2 Å². The van der Waals surface area contributed by atoms with Gasteiger partial charge in [0.1, 0.15) is 5.75 Å². The van der Waals surface area contributed by atoms with Crippen LogP contribution in [0.15, 0.2) is 35.3 Å². The predicted octanol–water partition coefficient (Wildman–Crippen LogP) is 2.91. The molecule has 0 heterocycles. The van der Waals surface area contributed by atoms with E-state index >= 15 is 0 Å². The van der Waals surface area contributed by atoms with E-state index in [1.807, 2.05) is 24.3 Å². The monoisotopic (exact) mass is 269 g/mol. The van der Waals surface area contributed by atoms with Gasteiger partial charge in [-0.3, -0.25) is 0 Å². The second-order valence-corrected chi connectivity index (χ2v) is 4.07. The number of halogens is 1. The van der Waals surface area contributed by atoms with Crippen LogP contribution in [0, 0.1) is 0 Å². The molecule has 1 aromatic carbocycles. The summed E-state index contributed by atoms with van der Waals surface area (Å²) < 4.78 is 6.64. The molecule has 1 rings (SSSR count). The fourth-order valence-electron chi connectivity index (χ4n) is 1.25. The van der Waals surface area contributed by atoms with Gasteiger partial charge in [0.15, 0.2) is 0 Å². The Morgan fingerprint density at radius 1 is 1.47 bits per heavy atom. The summed E-state index contributed by atoms with van der Waals surface area (Å²) in [5, 5.41) is 0. The zero-order chi connectivity index (χ0) is 11.1. The van der Waals surface area contributed by atoms with Crippen LogP contribution in [0.3, 0.4) is 0 Å². The van der Waals surface area contributed by atoms with E-state index < -0.39 is 0 Å². The summed E-state index contributed by atoms with van der Waals surface area (Å²) in [4.78, 5) is 0. The molecule has 2 N–H and O–H groups in total. The minimum atomic E-state index is 0.648. The molecule has 15 heavy (non-hydrogen) atoms. The molecule has 0 aromatic heterocycles. The Kier molecular flexibility index (Phi) is 5.43. The Morgan fingerprint density at radius 2 is 2.27 bits per heavy atom. The SMILES string of the molecule is C=CCCOc1ccc(Br)c(CCN)c1. The average Bonchev–Trinajstić information content (AvgIpc) is 2.23. The van der Waals surface area contributed by atoms with Gasteiger partial charge in [-0.1, -0.05) is 22.0 Å². The molecule has 0 aliphatic rings. The van der Waals surface area contributed by atoms with E-state index in [0.717, 1.165) is 23.1 Å². The Balaban J connectivity index is 2.64. The molecular weight excluding hydrogens is 254 g/mol. The fraction of sp³-hybridized carbons (Fsp3) is 0.333. The first-order chi connectivity index (χ1) is 7.27. The fourth-order valence-corrected chi connectivity index (χ4v) is 1.69. The molecule has 0 saturated heterocycles. The predicted molar refractivity (Wildman–Crippen MR) is 67.2 cm³/mol. The minimum Gasteiger partial charge on any atom is -0.493 e. The number of hydrogen-bond acceptors (Lipinski definition) is 2. The van der Waals surface area contributed by atoms with Crippen molar-refractivity contribution < 1.29 is 4.74 Å². The summed E-state index contributed by atoms with van der Waals surface area (Å²) in [7, 11) is 0. The Bertz CT molecular complexity index is 325. The van der Waals surface area contributed by atoms with E-state index in [1.54, 1.807) is 0 Å². The third kappa shape index (κ3) is 4.06. The van der Waals surface area contributed by atoms with E-state index in [2.05, 4.69) is 22.5 Å². The van der Waals surface area contributed by atoms with Gasteiger partial charge in [-0.25, -0.2) is 0 Å². The largest absolute Gasteiger partial charge is 0.493 e. The molecule has 0 bridgehead atoms. The maximum atomic E-state index is 5.56. The Hall–Kier alpha value is -0.800. The smallest absolute Gasteiger partial charge is 0.119 e. The van der Waals surface area contributed by atoms with Crippen molar-refractivity contribution >= 4 is 15.9 Å². The Labute approximate surface area is 99.3 Å². The molecule has 0 unspecified atom stereocenters. The molecule has 0 atom stereocenters. The second kappa shape index (κ2) is 6.64. The van der Waals surface area contributed by atoms with Crippen LogP contribution in [0.4, 0.5) is 0 Å². The van der Waals surface area contributed by atoms with Crippen molar-refractivity contribution in [2.45, 2.75) is 12.8 Å². The van der Waals surface area contributed by atoms with Crippen molar-refractivity contribution in [3.63, 3.8) is 0 Å². The summed E-state index contributed by atoms with van der Waals surface area (Å²) in [6.07, 6.45) is 3.57. The third-order valence-electron chi connectivity index (χ3n) is 2.02. The van der Waals surface area contributed by atoms with Gasteiger partial charge in [0.05, 0.1) is 6.61 Å². The van der Waals surface area contributed by atoms with Crippen LogP contribution in [-0.2, 0) is 6.42 Å². The molecule has 1 aromatic rings. The molecule has 0 amide bonds. The van der Waals surface area contributed by atoms with E-state index in [0.29, 0.717) is 13.2 Å². The molecule has 0 radical (unpaired) electrons. The average molecular weight is 270 g/mol. The second-order valence-electron chi connectivity index (χ2n) is 3.22. The van der Waals surface area contributed by atoms with E-state index in [-0.39, 0.29) is 0 Å². The number of hydrogen-bond donors (Lipinski definition) is 1. The topological polar surface area (TPSA) is 35.2 Å². The van der Waals surface area contributed by atoms with E-state index in [1.165, 1.54) is 5.56 Å². The highest BCUT2D eigenvalue weighted by Crippen LogP contribution is 2.22. The molecule has 0 spiro atoms. The highest BCUT2D eigenvalue weighted by Gasteiger charge is 2.01. The summed E-state index contributed by atoms with van der Waals surface area (Å²) in [5.74, 6) is 0.892. The van der Waals surface area contributed by atoms with E-state index in [4.69, 9.17) is 10.5 Å². The first kappa shape index (κ1) is 12.3. The standard InChI is InChI=1S/C12H16BrNO/c1-2-3-8-15-11-4-5-12(13)10(9-11)6-7-14/h2,4-5,9H,1,3,6-8,14H2. The maximum absolute atomic E-state index is 5.56. The zero-order valence-corrected chi connectivity index (χ0v) is 10.3. The number of benzene rings is 1. The van der Waals surface area contributed by atoms with Crippen molar-refractivity contribution in [3.8, 4) is 5.75 Å². The molecule has 0 fully saturated rings. The minimum absolute atomic E-state index is 0.648. The lowest BCUT2D eigenvalue weighted by molar-refractivity contribution is 0.324. The van der Waals surface area contributed by atoms with Crippen LogP contribution < -0.4 is 10.5 Å². The normalized spacial score (nSPS) is 10.0. The number of nitrogens with two attached hydrogens (primary N) is 1. The summed E-state index contributed by atoms with van der Waals surface area (Å²) >= 11 is 3.49. The summed E-state index contributed by atoms with van der Waals surface area (Å²) in [6, 6.07) is 5.97. The molecule has 0 saturated carbocycles. The van der Waals surface area contributed by atoms with Crippen LogP contribution in [0.5, 0.6) is 5.75 Å². The van der Waals surface area contributed by atoms with Gasteiger partial charge in [0.2, 0.25) is 0 Å². The molecule has 0 aliphatic carbocycles. The lowest BCUT2D eigenvalue weighted by atomic mass is 10.1. The number of rotatable bonds is 6. The van der Waals surface area contributed by atoms with Gasteiger partial charge in [-0.05, 0) is 43.1 Å². The third-order valence-corrected chi connectivity index (χ3v) is 2.80. The zero-order valence-electron chi connectivity index (χ0n) is 8.71. The Morgan fingerprint density at radius 3 is 2.93 bits per heavy atom. The number of ether oxygens (including phenoxy) is 1. The lowest BCUT2D eigenvalue weighted by Crippen LogP contribution is -2.04. The molecule has 0 aliphatic heterocycles. The van der Waals surface area contributed by atoms with Gasteiger partial charge in [-0.15, -0.1) is 6.58 Å². The van der Waals surface area contributed by atoms with Gasteiger partial charge in [0, 0.05) is 4.47 Å². The molecule has 82 valence electrons.